The number of para-hydroxylation sites is 2. The summed E-state index contributed by atoms with van der Waals surface area (Å²) < 4.78 is 25.0. The number of rotatable bonds is 8. The van der Waals surface area contributed by atoms with Gasteiger partial charge in [0.1, 0.15) is 36.2 Å². The van der Waals surface area contributed by atoms with Crippen molar-refractivity contribution in [3.63, 3.8) is 0 Å². The molecule has 3 aromatic carbocycles. The molecule has 2 aliphatic heterocycles. The summed E-state index contributed by atoms with van der Waals surface area (Å²) in [4.78, 5) is 16.7. The third kappa shape index (κ3) is 5.19. The number of hydrogen-bond donors (Lipinski definition) is 2. The number of fused-ring (bicyclic) bond motifs is 2. The van der Waals surface area contributed by atoms with Gasteiger partial charge in [0, 0.05) is 29.3 Å². The Morgan fingerprint density at radius 2 is 1.65 bits per heavy atom. The fraction of sp³-hybridized carbons (Fsp3) is 0.290. The van der Waals surface area contributed by atoms with E-state index in [0.29, 0.717) is 12.2 Å². The molecule has 1 fully saturated rings. The molecule has 0 spiro atoms. The second-order valence-electron chi connectivity index (χ2n) is 10.0. The third-order valence-electron chi connectivity index (χ3n) is 7.31. The van der Waals surface area contributed by atoms with Crippen molar-refractivity contribution >= 4 is 0 Å². The Bertz CT molecular complexity index is 1510. The van der Waals surface area contributed by atoms with Gasteiger partial charge >= 0.3 is 5.69 Å². The highest BCUT2D eigenvalue weighted by atomic mass is 16.5. The molecule has 3 heterocycles. The first-order valence-corrected chi connectivity index (χ1v) is 13.2. The minimum Gasteiger partial charge on any atom is -0.493 e. The molecule has 206 valence electrons. The standard InChI is InChI=1S/C31H30N2O7/c1-19-15-33(29-14-25(35)28(16-34)40-29)31(36)32-30(19)38-17-20-10-12-21(13-11-20)37-18-24-22-6-2-4-8-26(22)39-27-9-5-3-7-23(24)27/h2-13,15,24-25,28-29,34-35H,14,16-18H2,1H3/t25-,28+,29+/m0/s1. The van der Waals surface area contributed by atoms with E-state index in [1.807, 2.05) is 60.7 Å². The van der Waals surface area contributed by atoms with Crippen molar-refractivity contribution in [2.45, 2.75) is 44.3 Å². The van der Waals surface area contributed by atoms with E-state index < -0.39 is 24.1 Å². The molecule has 0 bridgehead atoms. The van der Waals surface area contributed by atoms with Crippen LogP contribution in [0.5, 0.6) is 23.1 Å². The van der Waals surface area contributed by atoms with Crippen LogP contribution in [0.3, 0.4) is 0 Å². The second-order valence-corrected chi connectivity index (χ2v) is 10.0. The van der Waals surface area contributed by atoms with E-state index in [1.54, 1.807) is 13.1 Å². The van der Waals surface area contributed by atoms with Crippen LogP contribution in [0, 0.1) is 6.92 Å². The van der Waals surface area contributed by atoms with Gasteiger partial charge in [-0.15, -0.1) is 0 Å². The summed E-state index contributed by atoms with van der Waals surface area (Å²) in [5.41, 5.74) is 3.20. The average molecular weight is 543 g/mol. The molecule has 2 N–H and O–H groups in total. The summed E-state index contributed by atoms with van der Waals surface area (Å²) in [6, 6.07) is 23.7. The van der Waals surface area contributed by atoms with Crippen molar-refractivity contribution in [3.8, 4) is 23.1 Å². The van der Waals surface area contributed by atoms with Crippen LogP contribution < -0.4 is 19.9 Å². The van der Waals surface area contributed by atoms with Gasteiger partial charge in [0.2, 0.25) is 5.88 Å². The number of aromatic nitrogens is 2. The summed E-state index contributed by atoms with van der Waals surface area (Å²) >= 11 is 0. The molecule has 6 rings (SSSR count). The van der Waals surface area contributed by atoms with Crippen LogP contribution >= 0.6 is 0 Å². The van der Waals surface area contributed by atoms with E-state index in [2.05, 4.69) is 17.1 Å². The number of aliphatic hydroxyl groups excluding tert-OH is 2. The molecule has 9 nitrogen and oxygen atoms in total. The summed E-state index contributed by atoms with van der Waals surface area (Å²) in [6.07, 6.45) is -0.438. The molecule has 0 amide bonds. The third-order valence-corrected chi connectivity index (χ3v) is 7.31. The van der Waals surface area contributed by atoms with Crippen LogP contribution in [0.1, 0.15) is 40.8 Å². The highest BCUT2D eigenvalue weighted by Gasteiger charge is 2.35. The van der Waals surface area contributed by atoms with Gasteiger partial charge in [0.05, 0.1) is 25.2 Å². The van der Waals surface area contributed by atoms with Crippen molar-refractivity contribution in [2.75, 3.05) is 13.2 Å². The molecule has 0 saturated carbocycles. The Balaban J connectivity index is 1.09. The smallest absolute Gasteiger partial charge is 0.352 e. The van der Waals surface area contributed by atoms with Gasteiger partial charge in [-0.3, -0.25) is 4.57 Å². The summed E-state index contributed by atoms with van der Waals surface area (Å²) in [6.45, 7) is 2.16. The maximum absolute atomic E-state index is 12.6. The van der Waals surface area contributed by atoms with E-state index in [-0.39, 0.29) is 31.4 Å². The van der Waals surface area contributed by atoms with E-state index in [4.69, 9.17) is 18.9 Å². The predicted molar refractivity (Wildman–Crippen MR) is 146 cm³/mol. The maximum Gasteiger partial charge on any atom is 0.352 e. The zero-order valence-electron chi connectivity index (χ0n) is 22.0. The van der Waals surface area contributed by atoms with Crippen molar-refractivity contribution in [1.29, 1.82) is 0 Å². The van der Waals surface area contributed by atoms with Crippen molar-refractivity contribution < 1.29 is 29.2 Å². The van der Waals surface area contributed by atoms with Crippen molar-refractivity contribution in [3.05, 3.63) is 112 Å². The monoisotopic (exact) mass is 542 g/mol. The molecule has 0 radical (unpaired) electrons. The quantitative estimate of drug-likeness (QED) is 0.343. The summed E-state index contributed by atoms with van der Waals surface area (Å²) in [7, 11) is 0. The van der Waals surface area contributed by atoms with Crippen LogP contribution in [0.15, 0.2) is 83.8 Å². The normalized spacial score (nSPS) is 19.9. The van der Waals surface area contributed by atoms with Gasteiger partial charge in [-0.05, 0) is 36.8 Å². The molecular weight excluding hydrogens is 512 g/mol. The van der Waals surface area contributed by atoms with E-state index in [9.17, 15) is 15.0 Å². The Hall–Kier alpha value is -4.18. The molecule has 1 saturated heterocycles. The van der Waals surface area contributed by atoms with Crippen molar-refractivity contribution in [1.82, 2.24) is 9.55 Å². The Morgan fingerprint density at radius 1 is 0.975 bits per heavy atom. The Labute approximate surface area is 231 Å². The van der Waals surface area contributed by atoms with E-state index in [1.165, 1.54) is 4.57 Å². The Morgan fingerprint density at radius 3 is 2.30 bits per heavy atom. The van der Waals surface area contributed by atoms with Gasteiger partial charge in [-0.25, -0.2) is 4.79 Å². The van der Waals surface area contributed by atoms with Gasteiger partial charge in [-0.1, -0.05) is 48.5 Å². The van der Waals surface area contributed by atoms with Crippen LogP contribution in [0.4, 0.5) is 0 Å². The molecule has 9 heteroatoms. The van der Waals surface area contributed by atoms with Crippen LogP contribution in [0.25, 0.3) is 0 Å². The molecule has 40 heavy (non-hydrogen) atoms. The number of nitrogens with zero attached hydrogens (tertiary/aromatic N) is 2. The molecule has 2 aliphatic rings. The van der Waals surface area contributed by atoms with Crippen LogP contribution in [0.2, 0.25) is 0 Å². The predicted octanol–water partition coefficient (Wildman–Crippen LogP) is 4.09. The van der Waals surface area contributed by atoms with E-state index >= 15 is 0 Å². The lowest BCUT2D eigenvalue weighted by atomic mass is 9.88. The number of hydrogen-bond acceptors (Lipinski definition) is 8. The highest BCUT2D eigenvalue weighted by Crippen LogP contribution is 2.44. The molecule has 0 unspecified atom stereocenters. The molecule has 1 aromatic heterocycles. The van der Waals surface area contributed by atoms with Crippen LogP contribution in [-0.2, 0) is 11.3 Å². The average Bonchev–Trinajstić information content (AvgIpc) is 3.36. The zero-order valence-corrected chi connectivity index (χ0v) is 22.0. The summed E-state index contributed by atoms with van der Waals surface area (Å²) in [5, 5.41) is 19.3. The SMILES string of the molecule is Cc1cn([C@H]2C[C@H](O)[C@@H](CO)O2)c(=O)nc1OCc1ccc(OCC2c3ccccc3Oc3ccccc32)cc1. The number of ether oxygens (including phenoxy) is 4. The van der Waals surface area contributed by atoms with Gasteiger partial charge in [0.15, 0.2) is 0 Å². The minimum absolute atomic E-state index is 0.0489. The largest absolute Gasteiger partial charge is 0.493 e. The fourth-order valence-corrected chi connectivity index (χ4v) is 5.16. The number of aliphatic hydroxyl groups is 2. The lowest BCUT2D eigenvalue weighted by molar-refractivity contribution is -0.0460. The maximum atomic E-state index is 12.6. The van der Waals surface area contributed by atoms with E-state index in [0.717, 1.165) is 33.9 Å². The first-order valence-electron chi connectivity index (χ1n) is 13.2. The highest BCUT2D eigenvalue weighted by molar-refractivity contribution is 5.53. The molecule has 4 aromatic rings. The molecule has 0 aliphatic carbocycles. The minimum atomic E-state index is -0.839. The van der Waals surface area contributed by atoms with Gasteiger partial charge < -0.3 is 29.2 Å². The van der Waals surface area contributed by atoms with Crippen molar-refractivity contribution in [2.24, 2.45) is 0 Å². The number of benzene rings is 3. The first kappa shape index (κ1) is 26.1. The Kier molecular flexibility index (Phi) is 7.25. The topological polar surface area (TPSA) is 112 Å². The van der Waals surface area contributed by atoms with Gasteiger partial charge in [0.25, 0.3) is 0 Å². The molecular formula is C31H30N2O7. The second kappa shape index (κ2) is 11.1. The lowest BCUT2D eigenvalue weighted by Gasteiger charge is -2.28. The molecule has 3 atom stereocenters. The van der Waals surface area contributed by atoms with Crippen LogP contribution in [-0.4, -0.2) is 45.2 Å². The lowest BCUT2D eigenvalue weighted by Crippen LogP contribution is -2.28. The first-order chi connectivity index (χ1) is 19.5. The zero-order chi connectivity index (χ0) is 27.6. The fourth-order valence-electron chi connectivity index (χ4n) is 5.16. The summed E-state index contributed by atoms with van der Waals surface area (Å²) in [5.74, 6) is 2.72. The van der Waals surface area contributed by atoms with Gasteiger partial charge in [-0.2, -0.15) is 4.98 Å². The number of aryl methyl sites for hydroxylation is 1.